The number of hydrogen-bond donors (Lipinski definition) is 3. The van der Waals surface area contributed by atoms with Gasteiger partial charge in [0.15, 0.2) is 5.11 Å². The van der Waals surface area contributed by atoms with Crippen LogP contribution in [0.5, 0.6) is 5.75 Å². The molecule has 0 bridgehead atoms. The fourth-order valence-corrected chi connectivity index (χ4v) is 2.75. The smallest absolute Gasteiger partial charge is 0.173 e. The number of benzene rings is 2. The Morgan fingerprint density at radius 2 is 1.88 bits per heavy atom. The van der Waals surface area contributed by atoms with Crippen molar-refractivity contribution in [3.05, 3.63) is 59.7 Å². The van der Waals surface area contributed by atoms with Gasteiger partial charge in [0.2, 0.25) is 0 Å². The average Bonchev–Trinajstić information content (AvgIpc) is 2.60. The summed E-state index contributed by atoms with van der Waals surface area (Å²) in [6, 6.07) is 14.8. The SMILES string of the molecule is CCc1ccc(NC(=S)N(CC)CC(O)c2cccc(O)c2)cc1. The van der Waals surface area contributed by atoms with Crippen LogP contribution in [0.15, 0.2) is 48.5 Å². The second-order valence-electron chi connectivity index (χ2n) is 5.63. The maximum atomic E-state index is 10.4. The standard InChI is InChI=1S/C19H24N2O2S/c1-3-14-8-10-16(11-9-14)20-19(24)21(4-2)13-18(23)15-6-5-7-17(22)12-15/h5-12,18,22-23H,3-4,13H2,1-2H3,(H,20,24). The van der Waals surface area contributed by atoms with Gasteiger partial charge in [-0.3, -0.25) is 0 Å². The Hall–Kier alpha value is -2.11. The molecule has 128 valence electrons. The van der Waals surface area contributed by atoms with Gasteiger partial charge < -0.3 is 20.4 Å². The lowest BCUT2D eigenvalue weighted by Crippen LogP contribution is -2.37. The van der Waals surface area contributed by atoms with Crippen molar-refractivity contribution in [2.45, 2.75) is 26.4 Å². The van der Waals surface area contributed by atoms with Gasteiger partial charge >= 0.3 is 0 Å². The third kappa shape index (κ3) is 4.94. The largest absolute Gasteiger partial charge is 0.508 e. The zero-order valence-electron chi connectivity index (χ0n) is 14.1. The van der Waals surface area contributed by atoms with Crippen LogP contribution in [0.1, 0.15) is 31.1 Å². The number of phenols is 1. The van der Waals surface area contributed by atoms with Gasteiger partial charge in [-0.25, -0.2) is 0 Å². The topological polar surface area (TPSA) is 55.7 Å². The van der Waals surface area contributed by atoms with Crippen LogP contribution in [0, 0.1) is 0 Å². The van der Waals surface area contributed by atoms with Gasteiger partial charge in [0.05, 0.1) is 12.6 Å². The van der Waals surface area contributed by atoms with Crippen LogP contribution in [-0.2, 0) is 6.42 Å². The van der Waals surface area contributed by atoms with E-state index in [1.165, 1.54) is 5.56 Å². The van der Waals surface area contributed by atoms with E-state index < -0.39 is 6.10 Å². The van der Waals surface area contributed by atoms with E-state index in [4.69, 9.17) is 12.2 Å². The van der Waals surface area contributed by atoms with Crippen LogP contribution in [0.2, 0.25) is 0 Å². The van der Waals surface area contributed by atoms with Crippen molar-refractivity contribution in [3.8, 4) is 5.75 Å². The number of aliphatic hydroxyl groups excluding tert-OH is 1. The Balaban J connectivity index is 2.00. The molecule has 0 aliphatic carbocycles. The van der Waals surface area contributed by atoms with Gasteiger partial charge in [0.25, 0.3) is 0 Å². The van der Waals surface area contributed by atoms with E-state index in [2.05, 4.69) is 24.4 Å². The molecule has 1 atom stereocenters. The summed E-state index contributed by atoms with van der Waals surface area (Å²) in [4.78, 5) is 1.90. The number of aromatic hydroxyl groups is 1. The number of thiocarbonyl (C=S) groups is 1. The van der Waals surface area contributed by atoms with Crippen molar-refractivity contribution in [2.24, 2.45) is 0 Å². The van der Waals surface area contributed by atoms with Crippen molar-refractivity contribution in [1.29, 1.82) is 0 Å². The molecule has 0 spiro atoms. The second kappa shape index (κ2) is 8.66. The fourth-order valence-electron chi connectivity index (χ4n) is 2.43. The fraction of sp³-hybridized carbons (Fsp3) is 0.316. The van der Waals surface area contributed by atoms with Crippen molar-refractivity contribution in [2.75, 3.05) is 18.4 Å². The van der Waals surface area contributed by atoms with Crippen LogP contribution in [-0.4, -0.2) is 33.3 Å². The first-order valence-corrected chi connectivity index (χ1v) is 8.56. The third-order valence-corrected chi connectivity index (χ3v) is 4.29. The Morgan fingerprint density at radius 1 is 1.17 bits per heavy atom. The monoisotopic (exact) mass is 344 g/mol. The van der Waals surface area contributed by atoms with E-state index in [0.717, 1.165) is 12.1 Å². The van der Waals surface area contributed by atoms with E-state index in [9.17, 15) is 10.2 Å². The first-order chi connectivity index (χ1) is 11.5. The summed E-state index contributed by atoms with van der Waals surface area (Å²) in [5, 5.41) is 23.7. The van der Waals surface area contributed by atoms with Crippen LogP contribution < -0.4 is 5.32 Å². The van der Waals surface area contributed by atoms with E-state index in [1.54, 1.807) is 24.3 Å². The molecule has 5 heteroatoms. The Morgan fingerprint density at radius 3 is 2.46 bits per heavy atom. The lowest BCUT2D eigenvalue weighted by molar-refractivity contribution is 0.146. The van der Waals surface area contributed by atoms with Gasteiger partial charge in [0, 0.05) is 12.2 Å². The number of nitrogens with zero attached hydrogens (tertiary/aromatic N) is 1. The van der Waals surface area contributed by atoms with Gasteiger partial charge in [-0.05, 0) is 61.0 Å². The van der Waals surface area contributed by atoms with Crippen LogP contribution in [0.4, 0.5) is 5.69 Å². The number of aliphatic hydroxyl groups is 1. The first-order valence-electron chi connectivity index (χ1n) is 8.15. The number of phenolic OH excluding ortho intramolecular Hbond substituents is 1. The second-order valence-corrected chi connectivity index (χ2v) is 6.02. The molecule has 0 aromatic heterocycles. The minimum absolute atomic E-state index is 0.145. The first kappa shape index (κ1) is 18.2. The van der Waals surface area contributed by atoms with Gasteiger partial charge in [-0.1, -0.05) is 31.2 Å². The summed E-state index contributed by atoms with van der Waals surface area (Å²) in [5.41, 5.74) is 2.88. The lowest BCUT2D eigenvalue weighted by atomic mass is 10.1. The minimum atomic E-state index is -0.723. The highest BCUT2D eigenvalue weighted by Gasteiger charge is 2.15. The van der Waals surface area contributed by atoms with Crippen molar-refractivity contribution < 1.29 is 10.2 Å². The molecule has 0 radical (unpaired) electrons. The molecule has 1 unspecified atom stereocenters. The lowest BCUT2D eigenvalue weighted by Gasteiger charge is -2.27. The molecule has 2 rings (SSSR count). The number of hydrogen-bond acceptors (Lipinski definition) is 3. The molecule has 0 heterocycles. The minimum Gasteiger partial charge on any atom is -0.508 e. The summed E-state index contributed by atoms with van der Waals surface area (Å²) in [6.45, 7) is 5.14. The number of anilines is 1. The van der Waals surface area contributed by atoms with Crippen molar-refractivity contribution in [3.63, 3.8) is 0 Å². The van der Waals surface area contributed by atoms with E-state index in [-0.39, 0.29) is 5.75 Å². The molecule has 3 N–H and O–H groups in total. The van der Waals surface area contributed by atoms with Crippen LogP contribution >= 0.6 is 12.2 Å². The van der Waals surface area contributed by atoms with Gasteiger partial charge in [-0.15, -0.1) is 0 Å². The number of aryl methyl sites for hydroxylation is 1. The normalized spacial score (nSPS) is 11.8. The maximum Gasteiger partial charge on any atom is 0.173 e. The molecule has 0 saturated heterocycles. The molecular formula is C19H24N2O2S. The quantitative estimate of drug-likeness (QED) is 0.698. The maximum absolute atomic E-state index is 10.4. The molecule has 0 saturated carbocycles. The summed E-state index contributed by atoms with van der Waals surface area (Å²) >= 11 is 5.47. The van der Waals surface area contributed by atoms with Gasteiger partial charge in [0.1, 0.15) is 5.75 Å². The Bertz CT molecular complexity index is 673. The molecule has 2 aromatic rings. The number of likely N-dealkylation sites (N-methyl/N-ethyl adjacent to an activating group) is 1. The molecule has 0 fully saturated rings. The summed E-state index contributed by atoms with van der Waals surface area (Å²) < 4.78 is 0. The molecule has 24 heavy (non-hydrogen) atoms. The van der Waals surface area contributed by atoms with Gasteiger partial charge in [-0.2, -0.15) is 0 Å². The summed E-state index contributed by atoms with van der Waals surface area (Å²) in [6.07, 6.45) is 0.279. The Labute approximate surface area is 148 Å². The van der Waals surface area contributed by atoms with Crippen LogP contribution in [0.25, 0.3) is 0 Å². The van der Waals surface area contributed by atoms with E-state index in [0.29, 0.717) is 23.8 Å². The van der Waals surface area contributed by atoms with Crippen molar-refractivity contribution >= 4 is 23.0 Å². The zero-order valence-corrected chi connectivity index (χ0v) is 14.9. The highest BCUT2D eigenvalue weighted by molar-refractivity contribution is 7.80. The summed E-state index contributed by atoms with van der Waals surface area (Å²) in [7, 11) is 0. The molecular weight excluding hydrogens is 320 g/mol. The third-order valence-electron chi connectivity index (χ3n) is 3.93. The molecule has 0 aliphatic rings. The van der Waals surface area contributed by atoms with Crippen molar-refractivity contribution in [1.82, 2.24) is 4.90 Å². The predicted molar refractivity (Wildman–Crippen MR) is 102 cm³/mol. The van der Waals surface area contributed by atoms with E-state index >= 15 is 0 Å². The summed E-state index contributed by atoms with van der Waals surface area (Å²) in [5.74, 6) is 0.145. The van der Waals surface area contributed by atoms with Crippen LogP contribution in [0.3, 0.4) is 0 Å². The molecule has 0 aliphatic heterocycles. The number of nitrogens with one attached hydrogen (secondary N) is 1. The molecule has 0 amide bonds. The predicted octanol–water partition coefficient (Wildman–Crippen LogP) is 3.71. The zero-order chi connectivity index (χ0) is 17.5. The Kier molecular flexibility index (Phi) is 6.58. The van der Waals surface area contributed by atoms with E-state index in [1.807, 2.05) is 24.0 Å². The molecule has 2 aromatic carbocycles. The number of rotatable bonds is 6. The highest BCUT2D eigenvalue weighted by atomic mass is 32.1. The average molecular weight is 344 g/mol. The highest BCUT2D eigenvalue weighted by Crippen LogP contribution is 2.19. The molecule has 4 nitrogen and oxygen atoms in total.